The van der Waals surface area contributed by atoms with Crippen LogP contribution < -0.4 is 4.72 Å². The number of phenols is 2. The first-order valence-corrected chi connectivity index (χ1v) is 9.75. The van der Waals surface area contributed by atoms with Gasteiger partial charge in [-0.25, -0.2) is 8.42 Å². The smallest absolute Gasteiger partial charge is 0.262 e. The van der Waals surface area contributed by atoms with E-state index in [9.17, 15) is 23.4 Å². The van der Waals surface area contributed by atoms with E-state index < -0.39 is 10.0 Å². The summed E-state index contributed by atoms with van der Waals surface area (Å²) in [5, 5.41) is 18.9. The second-order valence-corrected chi connectivity index (χ2v) is 7.66. The molecule has 6 nitrogen and oxygen atoms in total. The molecule has 3 N–H and O–H groups in total. The Morgan fingerprint density at radius 3 is 2.25 bits per heavy atom. The number of nitrogens with one attached hydrogen (secondary N) is 1. The molecule has 0 saturated heterocycles. The molecule has 0 fully saturated rings. The summed E-state index contributed by atoms with van der Waals surface area (Å²) in [6.45, 7) is 0. The van der Waals surface area contributed by atoms with Crippen LogP contribution in [-0.4, -0.2) is 24.4 Å². The van der Waals surface area contributed by atoms with Gasteiger partial charge in [0.2, 0.25) is 0 Å². The molecule has 0 aliphatic carbocycles. The lowest BCUT2D eigenvalue weighted by molar-refractivity contribution is 0.104. The number of hydrogen-bond acceptors (Lipinski definition) is 5. The fraction of sp³-hybridized carbons (Fsp3) is 0. The molecule has 0 spiro atoms. The van der Waals surface area contributed by atoms with Gasteiger partial charge in [-0.1, -0.05) is 36.4 Å². The van der Waals surface area contributed by atoms with Gasteiger partial charge in [-0.05, 0) is 48.0 Å². The van der Waals surface area contributed by atoms with Crippen molar-refractivity contribution in [2.24, 2.45) is 0 Å². The number of anilines is 1. The number of phenolic OH excluding ortho intramolecular Hbond substituents is 2. The molecule has 142 valence electrons. The highest BCUT2D eigenvalue weighted by molar-refractivity contribution is 7.92. The fourth-order valence-corrected chi connectivity index (χ4v) is 3.59. The minimum Gasteiger partial charge on any atom is -0.508 e. The molecule has 7 heteroatoms. The van der Waals surface area contributed by atoms with E-state index in [4.69, 9.17) is 0 Å². The zero-order valence-electron chi connectivity index (χ0n) is 14.6. The third-order valence-corrected chi connectivity index (χ3v) is 5.20. The molecular weight excluding hydrogens is 378 g/mol. The van der Waals surface area contributed by atoms with Crippen LogP contribution in [0.4, 0.5) is 5.69 Å². The molecule has 0 heterocycles. The predicted molar refractivity (Wildman–Crippen MR) is 107 cm³/mol. The van der Waals surface area contributed by atoms with Crippen LogP contribution in [0.3, 0.4) is 0 Å². The molecule has 0 aliphatic heterocycles. The van der Waals surface area contributed by atoms with Crippen molar-refractivity contribution in [3.05, 3.63) is 90.0 Å². The molecule has 0 radical (unpaired) electrons. The van der Waals surface area contributed by atoms with Crippen LogP contribution >= 0.6 is 0 Å². The van der Waals surface area contributed by atoms with Gasteiger partial charge in [0.25, 0.3) is 10.0 Å². The van der Waals surface area contributed by atoms with E-state index in [2.05, 4.69) is 4.72 Å². The van der Waals surface area contributed by atoms with Crippen LogP contribution in [0.15, 0.2) is 83.8 Å². The van der Waals surface area contributed by atoms with Crippen molar-refractivity contribution in [1.29, 1.82) is 0 Å². The van der Waals surface area contributed by atoms with E-state index in [1.54, 1.807) is 30.3 Å². The third-order valence-electron chi connectivity index (χ3n) is 3.82. The molecule has 0 saturated carbocycles. The van der Waals surface area contributed by atoms with Gasteiger partial charge in [0.15, 0.2) is 5.78 Å². The van der Waals surface area contributed by atoms with E-state index in [0.717, 1.165) is 6.07 Å². The highest BCUT2D eigenvalue weighted by Gasteiger charge is 2.15. The second-order valence-electron chi connectivity index (χ2n) is 5.98. The number of rotatable bonds is 6. The molecule has 0 aromatic heterocycles. The van der Waals surface area contributed by atoms with Crippen molar-refractivity contribution in [2.45, 2.75) is 4.90 Å². The monoisotopic (exact) mass is 395 g/mol. The standard InChI is InChI=1S/C21H17NO5S/c23-18-7-1-4-15(12-18)10-11-21(25)16-5-2-6-17(13-16)22-28(26,27)20-9-3-8-19(24)14-20/h1-14,22-24H. The van der Waals surface area contributed by atoms with Gasteiger partial charge in [0, 0.05) is 17.3 Å². The first-order valence-electron chi connectivity index (χ1n) is 8.27. The number of aromatic hydroxyl groups is 2. The fourth-order valence-electron chi connectivity index (χ4n) is 2.50. The molecule has 3 aromatic carbocycles. The predicted octanol–water partition coefficient (Wildman–Crippen LogP) is 3.79. The van der Waals surface area contributed by atoms with E-state index in [1.165, 1.54) is 48.5 Å². The van der Waals surface area contributed by atoms with Crippen LogP contribution in [-0.2, 0) is 10.0 Å². The van der Waals surface area contributed by atoms with Gasteiger partial charge in [0.1, 0.15) is 11.5 Å². The summed E-state index contributed by atoms with van der Waals surface area (Å²) in [4.78, 5) is 12.3. The number of ketones is 1. The lowest BCUT2D eigenvalue weighted by atomic mass is 10.1. The van der Waals surface area contributed by atoms with Gasteiger partial charge >= 0.3 is 0 Å². The number of allylic oxidation sites excluding steroid dienone is 1. The van der Waals surface area contributed by atoms with E-state index >= 15 is 0 Å². The maximum atomic E-state index is 12.4. The summed E-state index contributed by atoms with van der Waals surface area (Å²) in [6, 6.07) is 17.8. The summed E-state index contributed by atoms with van der Waals surface area (Å²) in [6.07, 6.45) is 2.91. The molecule has 0 amide bonds. The van der Waals surface area contributed by atoms with Gasteiger partial charge in [-0.15, -0.1) is 0 Å². The van der Waals surface area contributed by atoms with Crippen molar-refractivity contribution in [3.8, 4) is 11.5 Å². The Morgan fingerprint density at radius 2 is 1.54 bits per heavy atom. The summed E-state index contributed by atoms with van der Waals surface area (Å²) >= 11 is 0. The Hall–Kier alpha value is -3.58. The highest BCUT2D eigenvalue weighted by Crippen LogP contribution is 2.21. The Morgan fingerprint density at radius 1 is 0.857 bits per heavy atom. The maximum Gasteiger partial charge on any atom is 0.262 e. The van der Waals surface area contributed by atoms with E-state index in [-0.39, 0.29) is 27.9 Å². The summed E-state index contributed by atoms with van der Waals surface area (Å²) in [7, 11) is -3.91. The lowest BCUT2D eigenvalue weighted by Gasteiger charge is -2.09. The molecule has 0 bridgehead atoms. The first-order chi connectivity index (χ1) is 13.3. The van der Waals surface area contributed by atoms with Crippen molar-refractivity contribution in [3.63, 3.8) is 0 Å². The van der Waals surface area contributed by atoms with Crippen LogP contribution in [0.2, 0.25) is 0 Å². The van der Waals surface area contributed by atoms with Crippen LogP contribution in [0.1, 0.15) is 15.9 Å². The number of benzene rings is 3. The Bertz CT molecular complexity index is 1150. The van der Waals surface area contributed by atoms with Crippen LogP contribution in [0.25, 0.3) is 6.08 Å². The summed E-state index contributed by atoms with van der Waals surface area (Å²) in [5.74, 6) is -0.386. The van der Waals surface area contributed by atoms with Crippen LogP contribution in [0.5, 0.6) is 11.5 Å². The number of sulfonamides is 1. The van der Waals surface area contributed by atoms with Gasteiger partial charge < -0.3 is 10.2 Å². The van der Waals surface area contributed by atoms with Crippen molar-refractivity contribution in [1.82, 2.24) is 0 Å². The van der Waals surface area contributed by atoms with Gasteiger partial charge in [-0.2, -0.15) is 0 Å². The highest BCUT2D eigenvalue weighted by atomic mass is 32.2. The first kappa shape index (κ1) is 19.2. The average Bonchev–Trinajstić information content (AvgIpc) is 2.66. The van der Waals surface area contributed by atoms with Gasteiger partial charge in [0.05, 0.1) is 4.90 Å². The molecule has 3 rings (SSSR count). The van der Waals surface area contributed by atoms with E-state index in [1.807, 2.05) is 0 Å². The molecule has 0 atom stereocenters. The third kappa shape index (κ3) is 4.77. The zero-order chi connectivity index (χ0) is 20.1. The maximum absolute atomic E-state index is 12.4. The molecule has 28 heavy (non-hydrogen) atoms. The Kier molecular flexibility index (Phi) is 5.47. The topological polar surface area (TPSA) is 104 Å². The molecular formula is C21H17NO5S. The second kappa shape index (κ2) is 7.98. The number of hydrogen-bond donors (Lipinski definition) is 3. The van der Waals surface area contributed by atoms with Crippen molar-refractivity contribution in [2.75, 3.05) is 4.72 Å². The lowest BCUT2D eigenvalue weighted by Crippen LogP contribution is -2.13. The van der Waals surface area contributed by atoms with Gasteiger partial charge in [-0.3, -0.25) is 9.52 Å². The summed E-state index contributed by atoms with van der Waals surface area (Å²) < 4.78 is 27.3. The number of carbonyl (C=O) groups excluding carboxylic acids is 1. The molecule has 3 aromatic rings. The Balaban J connectivity index is 1.79. The van der Waals surface area contributed by atoms with E-state index in [0.29, 0.717) is 11.1 Å². The van der Waals surface area contributed by atoms with Crippen molar-refractivity contribution < 1.29 is 23.4 Å². The normalized spacial score (nSPS) is 11.4. The molecule has 0 aliphatic rings. The molecule has 0 unspecified atom stereocenters. The minimum atomic E-state index is -3.91. The van der Waals surface area contributed by atoms with Crippen LogP contribution in [0, 0.1) is 0 Å². The average molecular weight is 395 g/mol. The Labute approximate surface area is 162 Å². The quantitative estimate of drug-likeness (QED) is 0.435. The zero-order valence-corrected chi connectivity index (χ0v) is 15.4. The largest absolute Gasteiger partial charge is 0.508 e. The number of carbonyl (C=O) groups is 1. The minimum absolute atomic E-state index is 0.0898. The van der Waals surface area contributed by atoms with Crippen molar-refractivity contribution >= 4 is 27.6 Å². The summed E-state index contributed by atoms with van der Waals surface area (Å²) in [5.41, 5.74) is 1.18. The SMILES string of the molecule is O=C(C=Cc1cccc(O)c1)c1cccc(NS(=O)(=O)c2cccc(O)c2)c1.